The summed E-state index contributed by atoms with van der Waals surface area (Å²) in [6, 6.07) is -0.827. The summed E-state index contributed by atoms with van der Waals surface area (Å²) in [4.78, 5) is 37.7. The summed E-state index contributed by atoms with van der Waals surface area (Å²) in [6.07, 6.45) is -1.05. The van der Waals surface area contributed by atoms with Gasteiger partial charge in [0, 0.05) is 26.2 Å². The van der Waals surface area contributed by atoms with E-state index < -0.39 is 12.3 Å². The Morgan fingerprint density at radius 1 is 0.833 bits per heavy atom. The van der Waals surface area contributed by atoms with Gasteiger partial charge < -0.3 is 21.3 Å². The Hall–Kier alpha value is -2.19. The lowest BCUT2D eigenvalue weighted by Gasteiger charge is -2.31. The van der Waals surface area contributed by atoms with Gasteiger partial charge in [0.1, 0.15) is 12.3 Å². The van der Waals surface area contributed by atoms with Crippen molar-refractivity contribution in [3.8, 4) is 0 Å². The van der Waals surface area contributed by atoms with E-state index >= 15 is 0 Å². The predicted molar refractivity (Wildman–Crippen MR) is 59.5 cm³/mol. The van der Waals surface area contributed by atoms with Gasteiger partial charge in [-0.25, -0.2) is 14.4 Å². The topological polar surface area (TPSA) is 106 Å². The van der Waals surface area contributed by atoms with Crippen LogP contribution in [-0.4, -0.2) is 66.4 Å². The molecular weight excluding hydrogens is 240 g/mol. The Bertz CT molecular complexity index is 377. The van der Waals surface area contributed by atoms with E-state index in [-0.39, 0.29) is 18.1 Å². The van der Waals surface area contributed by atoms with Crippen LogP contribution >= 0.6 is 0 Å². The van der Waals surface area contributed by atoms with Crippen LogP contribution in [0.2, 0.25) is 0 Å². The third-order valence-corrected chi connectivity index (χ3v) is 3.31. The van der Waals surface area contributed by atoms with Gasteiger partial charge in [0.25, 0.3) is 0 Å². The van der Waals surface area contributed by atoms with Crippen molar-refractivity contribution in [1.82, 2.24) is 31.1 Å². The van der Waals surface area contributed by atoms with Gasteiger partial charge in [-0.2, -0.15) is 0 Å². The maximum atomic E-state index is 11.6. The molecule has 6 amide bonds. The van der Waals surface area contributed by atoms with Crippen LogP contribution < -0.4 is 21.3 Å². The Balaban J connectivity index is 1.80. The summed E-state index contributed by atoms with van der Waals surface area (Å²) in [5.41, 5.74) is 0. The van der Waals surface area contributed by atoms with Crippen LogP contribution in [0.1, 0.15) is 0 Å². The number of hydrogen-bond acceptors (Lipinski definition) is 3. The van der Waals surface area contributed by atoms with Crippen molar-refractivity contribution in [2.24, 2.45) is 0 Å². The van der Waals surface area contributed by atoms with Crippen LogP contribution in [0.5, 0.6) is 0 Å². The molecule has 4 N–H and O–H groups in total. The molecule has 3 heterocycles. The lowest BCUT2D eigenvalue weighted by molar-refractivity contribution is 0.131. The summed E-state index contributed by atoms with van der Waals surface area (Å²) < 4.78 is 0. The minimum absolute atomic E-state index is 0.228. The SMILES string of the molecule is O=C1N[C@H](N2CCNC2=O)[C@@H](N2CCNC2=O)N1. The molecule has 0 aliphatic carbocycles. The molecule has 0 bridgehead atoms. The van der Waals surface area contributed by atoms with Gasteiger partial charge in [-0.3, -0.25) is 9.80 Å². The van der Waals surface area contributed by atoms with E-state index in [1.54, 1.807) is 0 Å². The zero-order chi connectivity index (χ0) is 12.7. The molecule has 3 rings (SSSR count). The first-order chi connectivity index (χ1) is 8.66. The zero-order valence-corrected chi connectivity index (χ0v) is 9.60. The average molecular weight is 254 g/mol. The van der Waals surface area contributed by atoms with Crippen molar-refractivity contribution in [3.05, 3.63) is 0 Å². The fourth-order valence-corrected chi connectivity index (χ4v) is 2.47. The highest BCUT2D eigenvalue weighted by Crippen LogP contribution is 2.15. The molecule has 9 nitrogen and oxygen atoms in total. The van der Waals surface area contributed by atoms with E-state index in [1.165, 1.54) is 9.80 Å². The summed E-state index contributed by atoms with van der Waals surface area (Å²) in [5.74, 6) is 0. The second kappa shape index (κ2) is 3.93. The quantitative estimate of drug-likeness (QED) is 0.458. The standard InChI is InChI=1S/C9H14N6O3/c16-7-12-5(14-3-1-10-8(14)17)6(13-7)15-4-2-11-9(15)18/h5-6H,1-4H2,(H,10,17)(H,11,18)(H2,12,13,16)/t5-,6-/m1/s1. The molecule has 2 atom stereocenters. The molecule has 3 fully saturated rings. The molecule has 0 radical (unpaired) electrons. The fourth-order valence-electron chi connectivity index (χ4n) is 2.47. The van der Waals surface area contributed by atoms with Crippen LogP contribution in [0.4, 0.5) is 14.4 Å². The van der Waals surface area contributed by atoms with Gasteiger partial charge in [-0.15, -0.1) is 0 Å². The summed E-state index contributed by atoms with van der Waals surface area (Å²) >= 11 is 0. The first-order valence-corrected chi connectivity index (χ1v) is 5.83. The van der Waals surface area contributed by atoms with Crippen molar-refractivity contribution >= 4 is 18.1 Å². The maximum absolute atomic E-state index is 11.6. The number of amides is 6. The molecule has 0 saturated carbocycles. The smallest absolute Gasteiger partial charge is 0.319 e. The van der Waals surface area contributed by atoms with E-state index in [2.05, 4.69) is 21.3 Å². The van der Waals surface area contributed by atoms with E-state index in [4.69, 9.17) is 0 Å². The molecule has 3 aliphatic heterocycles. The predicted octanol–water partition coefficient (Wildman–Crippen LogP) is -2.00. The van der Waals surface area contributed by atoms with E-state index in [1.807, 2.05) is 0 Å². The molecular formula is C9H14N6O3. The number of carbonyl (C=O) groups is 3. The number of rotatable bonds is 2. The normalized spacial score (nSPS) is 31.2. The molecule has 0 unspecified atom stereocenters. The number of nitrogens with zero attached hydrogens (tertiary/aromatic N) is 2. The molecule has 3 saturated heterocycles. The largest absolute Gasteiger partial charge is 0.336 e. The first kappa shape index (κ1) is 10.9. The maximum Gasteiger partial charge on any atom is 0.319 e. The molecule has 0 aromatic carbocycles. The highest BCUT2D eigenvalue weighted by Gasteiger charge is 2.45. The summed E-state index contributed by atoms with van der Waals surface area (Å²) in [6.45, 7) is 2.11. The van der Waals surface area contributed by atoms with Crippen molar-refractivity contribution in [3.63, 3.8) is 0 Å². The van der Waals surface area contributed by atoms with Crippen molar-refractivity contribution in [2.45, 2.75) is 12.3 Å². The third kappa shape index (κ3) is 1.59. The van der Waals surface area contributed by atoms with Crippen LogP contribution in [0.3, 0.4) is 0 Å². The molecule has 18 heavy (non-hydrogen) atoms. The minimum Gasteiger partial charge on any atom is -0.336 e. The Morgan fingerprint density at radius 3 is 1.61 bits per heavy atom. The lowest BCUT2D eigenvalue weighted by Crippen LogP contribution is -2.57. The van der Waals surface area contributed by atoms with Crippen molar-refractivity contribution in [2.75, 3.05) is 26.2 Å². The summed E-state index contributed by atoms with van der Waals surface area (Å²) in [5, 5.41) is 10.7. The second-order valence-electron chi connectivity index (χ2n) is 4.36. The number of nitrogens with one attached hydrogen (secondary N) is 4. The molecule has 98 valence electrons. The van der Waals surface area contributed by atoms with E-state index in [9.17, 15) is 14.4 Å². The Kier molecular flexibility index (Phi) is 2.39. The van der Waals surface area contributed by atoms with Crippen LogP contribution in [0, 0.1) is 0 Å². The number of hydrogen-bond donors (Lipinski definition) is 4. The van der Waals surface area contributed by atoms with Crippen molar-refractivity contribution < 1.29 is 14.4 Å². The van der Waals surface area contributed by atoms with Gasteiger partial charge in [0.15, 0.2) is 0 Å². The van der Waals surface area contributed by atoms with Gasteiger partial charge >= 0.3 is 18.1 Å². The highest BCUT2D eigenvalue weighted by atomic mass is 16.2. The molecule has 0 spiro atoms. The van der Waals surface area contributed by atoms with Gasteiger partial charge in [0.05, 0.1) is 0 Å². The fraction of sp³-hybridized carbons (Fsp3) is 0.667. The first-order valence-electron chi connectivity index (χ1n) is 5.83. The monoisotopic (exact) mass is 254 g/mol. The lowest BCUT2D eigenvalue weighted by atomic mass is 10.3. The van der Waals surface area contributed by atoms with E-state index in [0.717, 1.165) is 0 Å². The minimum atomic E-state index is -0.524. The highest BCUT2D eigenvalue weighted by molar-refractivity contribution is 5.83. The van der Waals surface area contributed by atoms with Gasteiger partial charge in [0.2, 0.25) is 0 Å². The van der Waals surface area contributed by atoms with Crippen molar-refractivity contribution in [1.29, 1.82) is 0 Å². The Morgan fingerprint density at radius 2 is 1.28 bits per heavy atom. The molecule has 9 heteroatoms. The van der Waals surface area contributed by atoms with Gasteiger partial charge in [-0.05, 0) is 0 Å². The molecule has 3 aliphatic rings. The van der Waals surface area contributed by atoms with Gasteiger partial charge in [-0.1, -0.05) is 0 Å². The van der Waals surface area contributed by atoms with Crippen LogP contribution in [0.25, 0.3) is 0 Å². The summed E-state index contributed by atoms with van der Waals surface area (Å²) in [7, 11) is 0. The molecule has 0 aromatic rings. The second-order valence-corrected chi connectivity index (χ2v) is 4.36. The molecule has 0 aromatic heterocycles. The number of carbonyl (C=O) groups excluding carboxylic acids is 3. The van der Waals surface area contributed by atoms with E-state index in [0.29, 0.717) is 26.2 Å². The number of urea groups is 3. The third-order valence-electron chi connectivity index (χ3n) is 3.31. The zero-order valence-electron chi connectivity index (χ0n) is 9.60. The Labute approximate surface area is 103 Å². The van der Waals surface area contributed by atoms with Crippen LogP contribution in [0.15, 0.2) is 0 Å². The van der Waals surface area contributed by atoms with Crippen LogP contribution in [-0.2, 0) is 0 Å². The average Bonchev–Trinajstić information content (AvgIpc) is 2.99.